The van der Waals surface area contributed by atoms with Gasteiger partial charge in [0, 0.05) is 31.5 Å². The first-order chi connectivity index (χ1) is 10.9. The molecule has 1 aromatic heterocycles. The lowest BCUT2D eigenvalue weighted by atomic mass is 10.0. The maximum atomic E-state index is 13.3. The van der Waals surface area contributed by atoms with Crippen LogP contribution in [0.5, 0.6) is 0 Å². The van der Waals surface area contributed by atoms with Gasteiger partial charge in [0.2, 0.25) is 0 Å². The van der Waals surface area contributed by atoms with Crippen molar-refractivity contribution in [3.8, 4) is 0 Å². The molecule has 0 spiro atoms. The Balaban J connectivity index is 2.01. The van der Waals surface area contributed by atoms with Crippen molar-refractivity contribution in [3.63, 3.8) is 0 Å². The zero-order chi connectivity index (χ0) is 16.9. The molecule has 2 unspecified atom stereocenters. The van der Waals surface area contributed by atoms with Gasteiger partial charge < -0.3 is 15.0 Å². The number of rotatable bonds is 4. The molecule has 0 aliphatic carbocycles. The predicted octanol–water partition coefficient (Wildman–Crippen LogP) is 2.38. The second kappa shape index (κ2) is 7.63. The Morgan fingerprint density at radius 2 is 2.17 bits per heavy atom. The summed E-state index contributed by atoms with van der Waals surface area (Å²) < 4.78 is 44.5. The van der Waals surface area contributed by atoms with E-state index in [1.54, 1.807) is 12.1 Å². The third-order valence-electron chi connectivity index (χ3n) is 3.88. The van der Waals surface area contributed by atoms with Gasteiger partial charge in [-0.25, -0.2) is 4.79 Å². The SMILES string of the molecule is COC(=O)N1CCCC(NC(Cc2ccncc2)C(F)(F)F)C1. The maximum Gasteiger partial charge on any atom is 0.409 e. The van der Waals surface area contributed by atoms with Gasteiger partial charge in [0.05, 0.1) is 7.11 Å². The molecule has 1 aromatic rings. The summed E-state index contributed by atoms with van der Waals surface area (Å²) >= 11 is 0. The maximum absolute atomic E-state index is 13.3. The summed E-state index contributed by atoms with van der Waals surface area (Å²) in [6.45, 7) is 0.724. The average Bonchev–Trinajstić information content (AvgIpc) is 2.54. The number of nitrogens with zero attached hydrogens (tertiary/aromatic N) is 2. The number of carbonyl (C=O) groups excluding carboxylic acids is 1. The van der Waals surface area contributed by atoms with Crippen molar-refractivity contribution in [1.29, 1.82) is 0 Å². The molecule has 0 radical (unpaired) electrons. The third-order valence-corrected chi connectivity index (χ3v) is 3.88. The van der Waals surface area contributed by atoms with Crippen molar-refractivity contribution in [2.24, 2.45) is 0 Å². The summed E-state index contributed by atoms with van der Waals surface area (Å²) in [5, 5.41) is 2.66. The van der Waals surface area contributed by atoms with Crippen LogP contribution in [0.1, 0.15) is 18.4 Å². The molecule has 1 fully saturated rings. The number of methoxy groups -OCH3 is 1. The highest BCUT2D eigenvalue weighted by molar-refractivity contribution is 5.67. The monoisotopic (exact) mass is 331 g/mol. The van der Waals surface area contributed by atoms with E-state index in [2.05, 4.69) is 15.0 Å². The molecule has 1 N–H and O–H groups in total. The molecular formula is C15H20F3N3O2. The molecule has 1 aliphatic heterocycles. The Bertz CT molecular complexity index is 510. The molecule has 2 rings (SSSR count). The van der Waals surface area contributed by atoms with Gasteiger partial charge in [0.25, 0.3) is 0 Å². The van der Waals surface area contributed by atoms with Gasteiger partial charge in [-0.2, -0.15) is 13.2 Å². The first kappa shape index (κ1) is 17.5. The third kappa shape index (κ3) is 5.09. The van der Waals surface area contributed by atoms with E-state index in [-0.39, 0.29) is 13.0 Å². The molecule has 8 heteroatoms. The highest BCUT2D eigenvalue weighted by Gasteiger charge is 2.41. The van der Waals surface area contributed by atoms with Gasteiger partial charge in [0.1, 0.15) is 6.04 Å². The molecule has 1 aliphatic rings. The van der Waals surface area contributed by atoms with E-state index < -0.39 is 24.4 Å². The Kier molecular flexibility index (Phi) is 5.81. The second-order valence-electron chi connectivity index (χ2n) is 5.58. The second-order valence-corrected chi connectivity index (χ2v) is 5.58. The molecule has 1 saturated heterocycles. The quantitative estimate of drug-likeness (QED) is 0.920. The number of alkyl halides is 3. The van der Waals surface area contributed by atoms with Crippen LogP contribution in [0.3, 0.4) is 0 Å². The lowest BCUT2D eigenvalue weighted by Gasteiger charge is -2.35. The number of likely N-dealkylation sites (tertiary alicyclic amines) is 1. The fourth-order valence-corrected chi connectivity index (χ4v) is 2.72. The van der Waals surface area contributed by atoms with Crippen LogP contribution < -0.4 is 5.32 Å². The van der Waals surface area contributed by atoms with Crippen molar-refractivity contribution in [1.82, 2.24) is 15.2 Å². The minimum atomic E-state index is -4.36. The van der Waals surface area contributed by atoms with E-state index in [1.165, 1.54) is 24.4 Å². The smallest absolute Gasteiger partial charge is 0.409 e. The molecule has 1 amide bonds. The lowest BCUT2D eigenvalue weighted by Crippen LogP contribution is -2.55. The van der Waals surface area contributed by atoms with Crippen molar-refractivity contribution in [2.45, 2.75) is 37.5 Å². The van der Waals surface area contributed by atoms with E-state index in [9.17, 15) is 18.0 Å². The molecule has 128 valence electrons. The van der Waals surface area contributed by atoms with E-state index >= 15 is 0 Å². The number of nitrogens with one attached hydrogen (secondary N) is 1. The average molecular weight is 331 g/mol. The topological polar surface area (TPSA) is 54.5 Å². The summed E-state index contributed by atoms with van der Waals surface area (Å²) in [6.07, 6.45) is -0.847. The molecule has 0 aromatic carbocycles. The minimum Gasteiger partial charge on any atom is -0.453 e. The van der Waals surface area contributed by atoms with Crippen LogP contribution in [0.25, 0.3) is 0 Å². The van der Waals surface area contributed by atoms with Crippen molar-refractivity contribution >= 4 is 6.09 Å². The number of hydrogen-bond donors (Lipinski definition) is 1. The first-order valence-corrected chi connectivity index (χ1v) is 7.44. The molecule has 2 atom stereocenters. The Labute approximate surface area is 132 Å². The summed E-state index contributed by atoms with van der Waals surface area (Å²) in [5.74, 6) is 0. The number of aromatic nitrogens is 1. The van der Waals surface area contributed by atoms with Crippen LogP contribution >= 0.6 is 0 Å². The zero-order valence-electron chi connectivity index (χ0n) is 12.8. The predicted molar refractivity (Wildman–Crippen MR) is 77.9 cm³/mol. The van der Waals surface area contributed by atoms with Crippen LogP contribution in [0.4, 0.5) is 18.0 Å². The highest BCUT2D eigenvalue weighted by atomic mass is 19.4. The molecule has 2 heterocycles. The summed E-state index contributed by atoms with van der Waals surface area (Å²) in [5.41, 5.74) is 0.565. The number of halogens is 3. The fraction of sp³-hybridized carbons (Fsp3) is 0.600. The Hall–Kier alpha value is -1.83. The highest BCUT2D eigenvalue weighted by Crippen LogP contribution is 2.25. The number of amides is 1. The van der Waals surface area contributed by atoms with Crippen molar-refractivity contribution in [2.75, 3.05) is 20.2 Å². The van der Waals surface area contributed by atoms with Crippen LogP contribution in [0.15, 0.2) is 24.5 Å². The van der Waals surface area contributed by atoms with Crippen LogP contribution in [-0.4, -0.2) is 54.4 Å². The Morgan fingerprint density at radius 3 is 2.78 bits per heavy atom. The summed E-state index contributed by atoms with van der Waals surface area (Å²) in [6, 6.07) is 1.08. The van der Waals surface area contributed by atoms with E-state index in [4.69, 9.17) is 0 Å². The fourth-order valence-electron chi connectivity index (χ4n) is 2.72. The van der Waals surface area contributed by atoms with Crippen molar-refractivity contribution < 1.29 is 22.7 Å². The standard InChI is InChI=1S/C15H20F3N3O2/c1-23-14(22)21-8-2-3-12(10-21)20-13(15(16,17)18)9-11-4-6-19-7-5-11/h4-7,12-13,20H,2-3,8-10H2,1H3. The molecule has 23 heavy (non-hydrogen) atoms. The number of ether oxygens (including phenoxy) is 1. The largest absolute Gasteiger partial charge is 0.453 e. The van der Waals surface area contributed by atoms with Crippen LogP contribution in [0.2, 0.25) is 0 Å². The van der Waals surface area contributed by atoms with E-state index in [0.29, 0.717) is 24.9 Å². The number of carbonyl (C=O) groups is 1. The molecule has 0 saturated carbocycles. The normalized spacial score (nSPS) is 20.2. The van der Waals surface area contributed by atoms with Gasteiger partial charge in [0.15, 0.2) is 0 Å². The van der Waals surface area contributed by atoms with E-state index in [0.717, 1.165) is 0 Å². The number of piperidine rings is 1. The summed E-state index contributed by atoms with van der Waals surface area (Å²) in [7, 11) is 1.27. The van der Waals surface area contributed by atoms with Gasteiger partial charge in [-0.3, -0.25) is 4.98 Å². The zero-order valence-corrected chi connectivity index (χ0v) is 12.8. The van der Waals surface area contributed by atoms with Gasteiger partial charge in [-0.15, -0.1) is 0 Å². The van der Waals surface area contributed by atoms with Crippen LogP contribution in [-0.2, 0) is 11.2 Å². The minimum absolute atomic E-state index is 0.166. The molecular weight excluding hydrogens is 311 g/mol. The summed E-state index contributed by atoms with van der Waals surface area (Å²) in [4.78, 5) is 16.8. The van der Waals surface area contributed by atoms with Gasteiger partial charge >= 0.3 is 12.3 Å². The Morgan fingerprint density at radius 1 is 1.48 bits per heavy atom. The van der Waals surface area contributed by atoms with Crippen molar-refractivity contribution in [3.05, 3.63) is 30.1 Å². The van der Waals surface area contributed by atoms with Crippen LogP contribution in [0, 0.1) is 0 Å². The number of hydrogen-bond acceptors (Lipinski definition) is 4. The lowest BCUT2D eigenvalue weighted by molar-refractivity contribution is -0.158. The van der Waals surface area contributed by atoms with E-state index in [1.807, 2.05) is 0 Å². The molecule has 0 bridgehead atoms. The first-order valence-electron chi connectivity index (χ1n) is 7.44. The van der Waals surface area contributed by atoms with Gasteiger partial charge in [-0.05, 0) is 37.0 Å². The number of pyridine rings is 1. The molecule has 5 nitrogen and oxygen atoms in total. The van der Waals surface area contributed by atoms with Gasteiger partial charge in [-0.1, -0.05) is 0 Å².